The lowest BCUT2D eigenvalue weighted by Crippen LogP contribution is -2.46. The molecule has 2 rings (SSSR count). The molecule has 1 aromatic carbocycles. The van der Waals surface area contributed by atoms with Crippen LogP contribution in [0.2, 0.25) is 0 Å². The highest BCUT2D eigenvalue weighted by molar-refractivity contribution is 7.91. The van der Waals surface area contributed by atoms with Crippen LogP contribution in [0.3, 0.4) is 0 Å². The first-order chi connectivity index (χ1) is 10.4. The quantitative estimate of drug-likeness (QED) is 0.773. The van der Waals surface area contributed by atoms with E-state index in [4.69, 9.17) is 0 Å². The van der Waals surface area contributed by atoms with Gasteiger partial charge in [-0.25, -0.2) is 8.42 Å². The number of halogens is 4. The number of amides is 1. The van der Waals surface area contributed by atoms with E-state index in [9.17, 15) is 22.0 Å². The molecule has 0 saturated carbocycles. The van der Waals surface area contributed by atoms with Crippen LogP contribution < -0.4 is 10.6 Å². The molecule has 0 unspecified atom stereocenters. The molecule has 1 amide bonds. The number of hydrogen-bond donors (Lipinski definition) is 2. The van der Waals surface area contributed by atoms with Crippen molar-refractivity contribution in [1.82, 2.24) is 10.2 Å². The topological polar surface area (TPSA) is 78.5 Å². The van der Waals surface area contributed by atoms with E-state index in [1.54, 1.807) is 0 Å². The van der Waals surface area contributed by atoms with Crippen molar-refractivity contribution >= 4 is 46.2 Å². The molecule has 1 aromatic rings. The third kappa shape index (κ3) is 5.82. The molecule has 1 heterocycles. The van der Waals surface area contributed by atoms with Crippen LogP contribution in [-0.2, 0) is 14.6 Å². The molecule has 0 aromatic heterocycles. The fourth-order valence-electron chi connectivity index (χ4n) is 2.18. The number of carbonyl (C=O) groups excluding carboxylic acids is 1. The zero-order chi connectivity index (χ0) is 16.2. The molecule has 24 heavy (non-hydrogen) atoms. The second-order valence-corrected chi connectivity index (χ2v) is 6.76. The Morgan fingerprint density at radius 2 is 1.79 bits per heavy atom. The van der Waals surface area contributed by atoms with Crippen molar-refractivity contribution in [3.05, 3.63) is 24.3 Å². The summed E-state index contributed by atoms with van der Waals surface area (Å²) < 4.78 is 48.6. The normalized spacial score (nSPS) is 15.3. The van der Waals surface area contributed by atoms with Gasteiger partial charge in [0.1, 0.15) is 0 Å². The van der Waals surface area contributed by atoms with Gasteiger partial charge in [-0.15, -0.1) is 24.8 Å². The molecule has 0 radical (unpaired) electrons. The molecule has 0 bridgehead atoms. The van der Waals surface area contributed by atoms with Gasteiger partial charge < -0.3 is 10.6 Å². The molecule has 2 N–H and O–H groups in total. The first-order valence-electron chi connectivity index (χ1n) is 6.75. The summed E-state index contributed by atoms with van der Waals surface area (Å²) in [6.45, 7) is 3.02. The van der Waals surface area contributed by atoms with Gasteiger partial charge in [0, 0.05) is 26.2 Å². The number of sulfone groups is 1. The second-order valence-electron chi connectivity index (χ2n) is 4.88. The fraction of sp³-hybridized carbons (Fsp3) is 0.462. The van der Waals surface area contributed by atoms with Crippen LogP contribution in [0, 0.1) is 0 Å². The van der Waals surface area contributed by atoms with E-state index >= 15 is 0 Å². The van der Waals surface area contributed by atoms with Crippen LogP contribution in [0.5, 0.6) is 0 Å². The number of nitrogens with one attached hydrogen (secondary N) is 2. The molecule has 0 spiro atoms. The van der Waals surface area contributed by atoms with Crippen molar-refractivity contribution in [2.45, 2.75) is 10.7 Å². The molecule has 1 saturated heterocycles. The molecule has 1 fully saturated rings. The average molecular weight is 406 g/mol. The lowest BCUT2D eigenvalue weighted by atomic mass is 10.3. The summed E-state index contributed by atoms with van der Waals surface area (Å²) in [6.07, 6.45) is 0. The summed E-state index contributed by atoms with van der Waals surface area (Å²) in [5.41, 5.74) is -0.122. The van der Waals surface area contributed by atoms with Crippen LogP contribution in [-0.4, -0.2) is 57.7 Å². The molecular formula is C13H19Cl2F2N3O3S. The van der Waals surface area contributed by atoms with Crippen LogP contribution >= 0.6 is 24.8 Å². The molecule has 1 aliphatic heterocycles. The van der Waals surface area contributed by atoms with E-state index in [1.807, 2.05) is 4.90 Å². The summed E-state index contributed by atoms with van der Waals surface area (Å²) in [4.78, 5) is 13.3. The summed E-state index contributed by atoms with van der Waals surface area (Å²) in [5, 5.41) is 5.55. The number of para-hydroxylation sites is 1. The first kappa shape index (κ1) is 23.0. The number of anilines is 1. The van der Waals surface area contributed by atoms with Crippen molar-refractivity contribution in [3.63, 3.8) is 0 Å². The summed E-state index contributed by atoms with van der Waals surface area (Å²) in [7, 11) is -4.76. The SMILES string of the molecule is Cl.Cl.O=C(CN1CCNCC1)Nc1ccccc1S(=O)(=O)C(F)F. The molecule has 1 aliphatic rings. The molecule has 138 valence electrons. The van der Waals surface area contributed by atoms with Crippen molar-refractivity contribution in [2.75, 3.05) is 38.0 Å². The third-order valence-corrected chi connectivity index (χ3v) is 4.72. The lowest BCUT2D eigenvalue weighted by Gasteiger charge is -2.26. The van der Waals surface area contributed by atoms with Crippen LogP contribution in [0.4, 0.5) is 14.5 Å². The number of piperazine rings is 1. The highest BCUT2D eigenvalue weighted by atomic mass is 35.5. The molecule has 0 aliphatic carbocycles. The van der Waals surface area contributed by atoms with Crippen molar-refractivity contribution in [1.29, 1.82) is 0 Å². The highest BCUT2D eigenvalue weighted by Crippen LogP contribution is 2.26. The smallest absolute Gasteiger partial charge is 0.324 e. The minimum Gasteiger partial charge on any atom is -0.324 e. The maximum atomic E-state index is 12.7. The van der Waals surface area contributed by atoms with Gasteiger partial charge in [0.15, 0.2) is 0 Å². The molecular weight excluding hydrogens is 387 g/mol. The van der Waals surface area contributed by atoms with Crippen LogP contribution in [0.15, 0.2) is 29.2 Å². The van der Waals surface area contributed by atoms with Gasteiger partial charge >= 0.3 is 5.76 Å². The predicted molar refractivity (Wildman–Crippen MR) is 92.1 cm³/mol. The molecule has 6 nitrogen and oxygen atoms in total. The van der Waals surface area contributed by atoms with E-state index < -0.39 is 26.4 Å². The Hall–Kier alpha value is -1.00. The Morgan fingerprint density at radius 3 is 2.38 bits per heavy atom. The lowest BCUT2D eigenvalue weighted by molar-refractivity contribution is -0.117. The third-order valence-electron chi connectivity index (χ3n) is 3.28. The van der Waals surface area contributed by atoms with Gasteiger partial charge in [-0.2, -0.15) is 8.78 Å². The Morgan fingerprint density at radius 1 is 1.21 bits per heavy atom. The van der Waals surface area contributed by atoms with Gasteiger partial charge in [0.05, 0.1) is 17.1 Å². The monoisotopic (exact) mass is 405 g/mol. The van der Waals surface area contributed by atoms with Crippen LogP contribution in [0.25, 0.3) is 0 Å². The number of hydrogen-bond acceptors (Lipinski definition) is 5. The van der Waals surface area contributed by atoms with Crippen molar-refractivity contribution in [3.8, 4) is 0 Å². The summed E-state index contributed by atoms with van der Waals surface area (Å²) in [5.74, 6) is -3.96. The fourth-order valence-corrected chi connectivity index (χ4v) is 3.06. The molecule has 11 heteroatoms. The van der Waals surface area contributed by atoms with Crippen molar-refractivity contribution in [2.24, 2.45) is 0 Å². The van der Waals surface area contributed by atoms with E-state index in [0.717, 1.165) is 19.2 Å². The van der Waals surface area contributed by atoms with Crippen LogP contribution in [0.1, 0.15) is 0 Å². The minimum atomic E-state index is -4.76. The molecule has 0 atom stereocenters. The standard InChI is InChI=1S/C13H17F2N3O3S.2ClH/c14-13(15)22(20,21)11-4-2-1-3-10(11)17-12(19)9-18-7-5-16-6-8-18;;/h1-4,13,16H,5-9H2,(H,17,19);2*1H. The number of alkyl halides is 2. The predicted octanol–water partition coefficient (Wildman–Crippen LogP) is 1.37. The van der Waals surface area contributed by atoms with Gasteiger partial charge in [0.25, 0.3) is 0 Å². The van der Waals surface area contributed by atoms with Gasteiger partial charge in [-0.1, -0.05) is 12.1 Å². The van der Waals surface area contributed by atoms with Gasteiger partial charge in [-0.05, 0) is 12.1 Å². The van der Waals surface area contributed by atoms with E-state index in [0.29, 0.717) is 13.1 Å². The largest absolute Gasteiger partial charge is 0.341 e. The Labute approximate surface area is 151 Å². The van der Waals surface area contributed by atoms with E-state index in [1.165, 1.54) is 18.2 Å². The van der Waals surface area contributed by atoms with E-state index in [2.05, 4.69) is 10.6 Å². The maximum Gasteiger partial charge on any atom is 0.341 e. The maximum absolute atomic E-state index is 12.7. The first-order valence-corrected chi connectivity index (χ1v) is 8.30. The number of nitrogens with zero attached hydrogens (tertiary/aromatic N) is 1. The number of carbonyl (C=O) groups is 1. The summed E-state index contributed by atoms with van der Waals surface area (Å²) in [6, 6.07) is 5.17. The highest BCUT2D eigenvalue weighted by Gasteiger charge is 2.29. The zero-order valence-electron chi connectivity index (χ0n) is 12.6. The number of rotatable bonds is 5. The Bertz CT molecular complexity index is 641. The average Bonchev–Trinajstić information content (AvgIpc) is 2.48. The van der Waals surface area contributed by atoms with Crippen molar-refractivity contribution < 1.29 is 22.0 Å². The Kier molecular flexibility index (Phi) is 9.68. The summed E-state index contributed by atoms with van der Waals surface area (Å²) >= 11 is 0. The minimum absolute atomic E-state index is 0. The van der Waals surface area contributed by atoms with Gasteiger partial charge in [-0.3, -0.25) is 9.69 Å². The zero-order valence-corrected chi connectivity index (χ0v) is 15.0. The second kappa shape index (κ2) is 10.1. The Balaban J connectivity index is 0.00000264. The van der Waals surface area contributed by atoms with Gasteiger partial charge in [0.2, 0.25) is 15.7 Å². The van der Waals surface area contributed by atoms with E-state index in [-0.39, 0.29) is 37.0 Å². The number of benzene rings is 1.